The number of anilines is 1. The molecule has 2 rings (SSSR count). The summed E-state index contributed by atoms with van der Waals surface area (Å²) >= 11 is 5.99. The molecule has 25 heavy (non-hydrogen) atoms. The minimum atomic E-state index is -3.92. The maximum atomic E-state index is 13.6. The lowest BCUT2D eigenvalue weighted by molar-refractivity contribution is 0.102. The van der Waals surface area contributed by atoms with Crippen molar-refractivity contribution in [2.45, 2.75) is 31.2 Å². The van der Waals surface area contributed by atoms with E-state index in [0.717, 1.165) is 6.07 Å². The molecule has 5 nitrogen and oxygen atoms in total. The number of nitrogens with one attached hydrogen (secondary N) is 2. The van der Waals surface area contributed by atoms with E-state index in [0.29, 0.717) is 0 Å². The van der Waals surface area contributed by atoms with E-state index in [-0.39, 0.29) is 21.2 Å². The average molecular weight is 385 g/mol. The first-order valence-electron chi connectivity index (χ1n) is 7.39. The number of para-hydroxylation sites is 1. The van der Waals surface area contributed by atoms with E-state index in [2.05, 4.69) is 10.0 Å². The highest BCUT2D eigenvalue weighted by molar-refractivity contribution is 7.89. The first kappa shape index (κ1) is 19.4. The average Bonchev–Trinajstić information content (AvgIpc) is 2.47. The topological polar surface area (TPSA) is 75.3 Å². The van der Waals surface area contributed by atoms with Gasteiger partial charge in [0.05, 0.1) is 10.7 Å². The summed E-state index contributed by atoms with van der Waals surface area (Å²) in [7, 11) is -3.92. The third-order valence-electron chi connectivity index (χ3n) is 3.05. The van der Waals surface area contributed by atoms with Crippen LogP contribution in [0.1, 0.15) is 31.1 Å². The molecule has 0 heterocycles. The first-order chi connectivity index (χ1) is 11.5. The van der Waals surface area contributed by atoms with Gasteiger partial charge in [0.25, 0.3) is 5.91 Å². The van der Waals surface area contributed by atoms with E-state index in [1.54, 1.807) is 26.8 Å². The highest BCUT2D eigenvalue weighted by Crippen LogP contribution is 2.24. The molecule has 134 valence electrons. The molecule has 0 unspecified atom stereocenters. The van der Waals surface area contributed by atoms with Crippen molar-refractivity contribution in [3.05, 3.63) is 58.9 Å². The Morgan fingerprint density at radius 3 is 2.36 bits per heavy atom. The third-order valence-corrected chi connectivity index (χ3v) is 5.29. The van der Waals surface area contributed by atoms with Gasteiger partial charge in [-0.15, -0.1) is 0 Å². The summed E-state index contributed by atoms with van der Waals surface area (Å²) in [4.78, 5) is 12.1. The molecule has 0 aromatic heterocycles. The van der Waals surface area contributed by atoms with E-state index >= 15 is 0 Å². The zero-order valence-corrected chi connectivity index (χ0v) is 15.5. The first-order valence-corrected chi connectivity index (χ1v) is 9.25. The second kappa shape index (κ2) is 7.11. The minimum Gasteiger partial charge on any atom is -0.319 e. The second-order valence-electron chi connectivity index (χ2n) is 6.43. The Morgan fingerprint density at radius 2 is 1.76 bits per heavy atom. The van der Waals surface area contributed by atoms with Crippen LogP contribution in [0.15, 0.2) is 47.4 Å². The molecule has 0 aliphatic heterocycles. The van der Waals surface area contributed by atoms with Crippen LogP contribution >= 0.6 is 11.6 Å². The SMILES string of the molecule is CC(C)(C)NS(=O)(=O)c1cc(C(=O)Nc2ccccc2F)ccc1Cl. The Balaban J connectivity index is 2.36. The fourth-order valence-electron chi connectivity index (χ4n) is 2.07. The van der Waals surface area contributed by atoms with Gasteiger partial charge in [0, 0.05) is 11.1 Å². The fourth-order valence-corrected chi connectivity index (χ4v) is 4.01. The summed E-state index contributed by atoms with van der Waals surface area (Å²) in [6.07, 6.45) is 0. The molecule has 0 aliphatic rings. The Labute approximate surface area is 151 Å². The third kappa shape index (κ3) is 5.01. The Hall–Kier alpha value is -1.96. The van der Waals surface area contributed by atoms with E-state index in [4.69, 9.17) is 11.6 Å². The van der Waals surface area contributed by atoms with Crippen molar-refractivity contribution >= 4 is 33.2 Å². The number of hydrogen-bond donors (Lipinski definition) is 2. The normalized spacial score (nSPS) is 12.0. The molecule has 0 saturated heterocycles. The number of sulfonamides is 1. The van der Waals surface area contributed by atoms with Crippen molar-refractivity contribution in [1.82, 2.24) is 4.72 Å². The van der Waals surface area contributed by atoms with Gasteiger partial charge >= 0.3 is 0 Å². The molecule has 0 saturated carbocycles. The van der Waals surface area contributed by atoms with Crippen LogP contribution in [0.5, 0.6) is 0 Å². The molecular weight excluding hydrogens is 367 g/mol. The molecular formula is C17H18ClFN2O3S. The van der Waals surface area contributed by atoms with Crippen molar-refractivity contribution < 1.29 is 17.6 Å². The van der Waals surface area contributed by atoms with Crippen molar-refractivity contribution in [2.24, 2.45) is 0 Å². The summed E-state index contributed by atoms with van der Waals surface area (Å²) in [6, 6.07) is 9.53. The highest BCUT2D eigenvalue weighted by atomic mass is 35.5. The molecule has 0 fully saturated rings. The van der Waals surface area contributed by atoms with Gasteiger partial charge in [-0.05, 0) is 51.1 Å². The van der Waals surface area contributed by atoms with Crippen LogP contribution in [-0.4, -0.2) is 19.9 Å². The summed E-state index contributed by atoms with van der Waals surface area (Å²) in [5.74, 6) is -1.24. The molecule has 0 aliphatic carbocycles. The molecule has 8 heteroatoms. The van der Waals surface area contributed by atoms with Gasteiger partial charge in [0.1, 0.15) is 10.7 Å². The lowest BCUT2D eigenvalue weighted by Gasteiger charge is -2.21. The van der Waals surface area contributed by atoms with Crippen molar-refractivity contribution in [3.8, 4) is 0 Å². The summed E-state index contributed by atoms with van der Waals surface area (Å²) < 4.78 is 41.1. The number of carbonyl (C=O) groups is 1. The van der Waals surface area contributed by atoms with Crippen LogP contribution in [0, 0.1) is 5.82 Å². The van der Waals surface area contributed by atoms with Gasteiger partial charge < -0.3 is 5.32 Å². The van der Waals surface area contributed by atoms with Crippen LogP contribution in [-0.2, 0) is 10.0 Å². The lowest BCUT2D eigenvalue weighted by Crippen LogP contribution is -2.40. The van der Waals surface area contributed by atoms with Crippen LogP contribution < -0.4 is 10.0 Å². The minimum absolute atomic E-state index is 0.000302. The molecule has 2 aromatic carbocycles. The number of carbonyl (C=O) groups excluding carboxylic acids is 1. The zero-order valence-electron chi connectivity index (χ0n) is 13.9. The predicted molar refractivity (Wildman–Crippen MR) is 95.9 cm³/mol. The van der Waals surface area contributed by atoms with Gasteiger partial charge in [0.2, 0.25) is 10.0 Å². The molecule has 1 amide bonds. The number of amides is 1. The van der Waals surface area contributed by atoms with Gasteiger partial charge in [-0.2, -0.15) is 0 Å². The van der Waals surface area contributed by atoms with Gasteiger partial charge in [0.15, 0.2) is 0 Å². The molecule has 0 spiro atoms. The van der Waals surface area contributed by atoms with Gasteiger partial charge in [-0.3, -0.25) is 4.79 Å². The Morgan fingerprint density at radius 1 is 1.12 bits per heavy atom. The molecule has 2 N–H and O–H groups in total. The van der Waals surface area contributed by atoms with Crippen LogP contribution in [0.25, 0.3) is 0 Å². The van der Waals surface area contributed by atoms with Crippen LogP contribution in [0.4, 0.5) is 10.1 Å². The summed E-state index contributed by atoms with van der Waals surface area (Å²) in [5, 5.41) is 2.39. The molecule has 0 atom stereocenters. The smallest absolute Gasteiger partial charge is 0.255 e. The maximum Gasteiger partial charge on any atom is 0.255 e. The quantitative estimate of drug-likeness (QED) is 0.841. The van der Waals surface area contributed by atoms with Crippen LogP contribution in [0.2, 0.25) is 5.02 Å². The highest BCUT2D eigenvalue weighted by Gasteiger charge is 2.25. The maximum absolute atomic E-state index is 13.6. The number of benzene rings is 2. The Bertz CT molecular complexity index is 908. The summed E-state index contributed by atoms with van der Waals surface area (Å²) in [5.41, 5.74) is -0.672. The molecule has 0 radical (unpaired) electrons. The van der Waals surface area contributed by atoms with Crippen molar-refractivity contribution in [1.29, 1.82) is 0 Å². The second-order valence-corrected chi connectivity index (χ2v) is 8.49. The standard InChI is InChI=1S/C17H18ClFN2O3S/c1-17(2,3)21-25(23,24)15-10-11(8-9-12(15)18)16(22)20-14-7-5-4-6-13(14)19/h4-10,21H,1-3H3,(H,20,22). The molecule has 0 bridgehead atoms. The summed E-state index contributed by atoms with van der Waals surface area (Å²) in [6.45, 7) is 5.06. The number of halogens is 2. The largest absolute Gasteiger partial charge is 0.319 e. The van der Waals surface area contributed by atoms with Crippen LogP contribution in [0.3, 0.4) is 0 Å². The van der Waals surface area contributed by atoms with Crippen molar-refractivity contribution in [3.63, 3.8) is 0 Å². The van der Waals surface area contributed by atoms with E-state index < -0.39 is 27.3 Å². The predicted octanol–water partition coefficient (Wildman–Crippen LogP) is 3.81. The monoisotopic (exact) mass is 384 g/mol. The zero-order chi connectivity index (χ0) is 18.8. The van der Waals surface area contributed by atoms with Gasteiger partial charge in [-0.25, -0.2) is 17.5 Å². The van der Waals surface area contributed by atoms with E-state index in [9.17, 15) is 17.6 Å². The van der Waals surface area contributed by atoms with Gasteiger partial charge in [-0.1, -0.05) is 23.7 Å². The lowest BCUT2D eigenvalue weighted by atomic mass is 10.1. The molecule has 2 aromatic rings. The fraction of sp³-hybridized carbons (Fsp3) is 0.235. The Kier molecular flexibility index (Phi) is 5.51. The number of rotatable bonds is 4. The van der Waals surface area contributed by atoms with E-state index in [1.807, 2.05) is 0 Å². The van der Waals surface area contributed by atoms with Crippen molar-refractivity contribution in [2.75, 3.05) is 5.32 Å². The van der Waals surface area contributed by atoms with E-state index in [1.165, 1.54) is 30.3 Å². The number of hydrogen-bond acceptors (Lipinski definition) is 3.